The van der Waals surface area contributed by atoms with Gasteiger partial charge in [-0.3, -0.25) is 4.90 Å². The molecule has 0 radical (unpaired) electrons. The second-order valence-corrected chi connectivity index (χ2v) is 5.98. The van der Waals surface area contributed by atoms with Crippen LogP contribution in [-0.4, -0.2) is 32.0 Å². The van der Waals surface area contributed by atoms with Gasteiger partial charge in [-0.05, 0) is 34.0 Å². The molecule has 0 saturated heterocycles. The fourth-order valence-electron chi connectivity index (χ4n) is 2.15. The highest BCUT2D eigenvalue weighted by atomic mass is 35.5. The van der Waals surface area contributed by atoms with E-state index in [2.05, 4.69) is 27.8 Å². The maximum Gasteiger partial charge on any atom is 0.169 e. The Morgan fingerprint density at radius 3 is 2.52 bits per heavy atom. The van der Waals surface area contributed by atoms with Crippen LogP contribution in [0.25, 0.3) is 0 Å². The number of methoxy groups -OCH3 is 2. The Labute approximate surface area is 135 Å². The number of nitrogens with zero attached hydrogens (tertiary/aromatic N) is 1. The van der Waals surface area contributed by atoms with Gasteiger partial charge in [-0.1, -0.05) is 29.8 Å². The molecule has 0 spiro atoms. The highest BCUT2D eigenvalue weighted by Crippen LogP contribution is 2.19. The van der Waals surface area contributed by atoms with Gasteiger partial charge in [0.15, 0.2) is 6.29 Å². The largest absolute Gasteiger partial charge is 0.355 e. The van der Waals surface area contributed by atoms with Gasteiger partial charge in [0.25, 0.3) is 0 Å². The third-order valence-corrected chi connectivity index (χ3v) is 4.37. The molecule has 2 rings (SSSR count). The van der Waals surface area contributed by atoms with E-state index in [4.69, 9.17) is 21.1 Å². The Morgan fingerprint density at radius 2 is 1.90 bits per heavy atom. The molecule has 2 aromatic rings. The minimum Gasteiger partial charge on any atom is -0.355 e. The lowest BCUT2D eigenvalue weighted by Crippen LogP contribution is -2.33. The molecule has 21 heavy (non-hydrogen) atoms. The van der Waals surface area contributed by atoms with E-state index in [1.165, 1.54) is 5.56 Å². The van der Waals surface area contributed by atoms with E-state index in [9.17, 15) is 0 Å². The molecule has 3 nitrogen and oxygen atoms in total. The summed E-state index contributed by atoms with van der Waals surface area (Å²) in [4.78, 5) is 2.28. The molecule has 0 aliphatic rings. The van der Waals surface area contributed by atoms with E-state index in [-0.39, 0.29) is 6.29 Å². The number of hydrogen-bond acceptors (Lipinski definition) is 4. The normalized spacial score (nSPS) is 11.5. The highest BCUT2D eigenvalue weighted by Gasteiger charge is 2.15. The van der Waals surface area contributed by atoms with Crippen molar-refractivity contribution in [1.82, 2.24) is 4.90 Å². The van der Waals surface area contributed by atoms with Crippen molar-refractivity contribution in [3.05, 3.63) is 57.2 Å². The first kappa shape index (κ1) is 16.5. The Hall–Kier alpha value is -0.910. The number of rotatable bonds is 8. The zero-order valence-corrected chi connectivity index (χ0v) is 13.9. The summed E-state index contributed by atoms with van der Waals surface area (Å²) >= 11 is 7.97. The first-order valence-electron chi connectivity index (χ1n) is 6.75. The predicted molar refractivity (Wildman–Crippen MR) is 87.7 cm³/mol. The van der Waals surface area contributed by atoms with Crippen LogP contribution in [0.2, 0.25) is 5.02 Å². The lowest BCUT2D eigenvalue weighted by molar-refractivity contribution is -0.118. The summed E-state index contributed by atoms with van der Waals surface area (Å²) in [6.45, 7) is 2.30. The van der Waals surface area contributed by atoms with Crippen LogP contribution in [0, 0.1) is 0 Å². The molecule has 0 unspecified atom stereocenters. The topological polar surface area (TPSA) is 21.7 Å². The Morgan fingerprint density at radius 1 is 1.14 bits per heavy atom. The molecular formula is C16H20ClNO2S. The summed E-state index contributed by atoms with van der Waals surface area (Å²) in [6, 6.07) is 10.1. The molecule has 0 saturated carbocycles. The smallest absolute Gasteiger partial charge is 0.169 e. The maximum atomic E-state index is 6.27. The first-order valence-corrected chi connectivity index (χ1v) is 8.07. The number of thiophene rings is 1. The van der Waals surface area contributed by atoms with Crippen LogP contribution in [0.3, 0.4) is 0 Å². The summed E-state index contributed by atoms with van der Waals surface area (Å²) in [5.41, 5.74) is 2.40. The van der Waals surface area contributed by atoms with Crippen molar-refractivity contribution in [2.24, 2.45) is 0 Å². The van der Waals surface area contributed by atoms with E-state index in [1.807, 2.05) is 18.2 Å². The molecule has 5 heteroatoms. The van der Waals surface area contributed by atoms with Crippen LogP contribution in [0.5, 0.6) is 0 Å². The summed E-state index contributed by atoms with van der Waals surface area (Å²) in [6.07, 6.45) is -0.244. The molecule has 1 heterocycles. The number of hydrogen-bond donors (Lipinski definition) is 0. The van der Waals surface area contributed by atoms with Crippen LogP contribution in [0.1, 0.15) is 11.1 Å². The van der Waals surface area contributed by atoms with Gasteiger partial charge >= 0.3 is 0 Å². The first-order chi connectivity index (χ1) is 10.2. The van der Waals surface area contributed by atoms with E-state index < -0.39 is 0 Å². The zero-order valence-electron chi connectivity index (χ0n) is 12.3. The highest BCUT2D eigenvalue weighted by molar-refractivity contribution is 7.07. The minimum absolute atomic E-state index is 0.244. The molecule has 1 aromatic carbocycles. The van der Waals surface area contributed by atoms with Crippen molar-refractivity contribution < 1.29 is 9.47 Å². The monoisotopic (exact) mass is 325 g/mol. The number of benzene rings is 1. The van der Waals surface area contributed by atoms with Crippen molar-refractivity contribution >= 4 is 22.9 Å². The van der Waals surface area contributed by atoms with Crippen LogP contribution in [0.4, 0.5) is 0 Å². The SMILES string of the molecule is COC(CN(Cc1ccsc1)Cc1ccccc1Cl)OC. The number of ether oxygens (including phenoxy) is 2. The van der Waals surface area contributed by atoms with Gasteiger partial charge in [-0.15, -0.1) is 0 Å². The van der Waals surface area contributed by atoms with Crippen LogP contribution in [-0.2, 0) is 22.6 Å². The van der Waals surface area contributed by atoms with Crippen LogP contribution in [0.15, 0.2) is 41.1 Å². The standard InChI is InChI=1S/C16H20ClNO2S/c1-19-16(20-2)11-18(9-13-7-8-21-12-13)10-14-5-3-4-6-15(14)17/h3-8,12,16H,9-11H2,1-2H3. The molecule has 0 bridgehead atoms. The summed E-state index contributed by atoms with van der Waals surface area (Å²) in [5.74, 6) is 0. The maximum absolute atomic E-state index is 6.27. The van der Waals surface area contributed by atoms with E-state index in [1.54, 1.807) is 25.6 Å². The van der Waals surface area contributed by atoms with Gasteiger partial charge in [0.2, 0.25) is 0 Å². The molecular weight excluding hydrogens is 306 g/mol. The van der Waals surface area contributed by atoms with Crippen molar-refractivity contribution in [3.63, 3.8) is 0 Å². The van der Waals surface area contributed by atoms with Gasteiger partial charge in [-0.25, -0.2) is 0 Å². The van der Waals surface area contributed by atoms with Crippen molar-refractivity contribution in [2.75, 3.05) is 20.8 Å². The number of halogens is 1. The Kier molecular flexibility index (Phi) is 6.67. The molecule has 1 aromatic heterocycles. The third kappa shape index (κ3) is 5.09. The van der Waals surface area contributed by atoms with Gasteiger partial charge in [0, 0.05) is 32.3 Å². The van der Waals surface area contributed by atoms with Crippen LogP contribution >= 0.6 is 22.9 Å². The minimum atomic E-state index is -0.244. The summed E-state index contributed by atoms with van der Waals surface area (Å²) in [7, 11) is 3.32. The lowest BCUT2D eigenvalue weighted by atomic mass is 10.2. The van der Waals surface area contributed by atoms with Gasteiger partial charge in [0.05, 0.1) is 6.54 Å². The lowest BCUT2D eigenvalue weighted by Gasteiger charge is -2.26. The molecule has 0 aliphatic heterocycles. The van der Waals surface area contributed by atoms with Gasteiger partial charge in [0.1, 0.15) is 0 Å². The van der Waals surface area contributed by atoms with E-state index in [0.29, 0.717) is 6.54 Å². The summed E-state index contributed by atoms with van der Waals surface area (Å²) in [5, 5.41) is 5.04. The third-order valence-electron chi connectivity index (χ3n) is 3.27. The Balaban J connectivity index is 2.09. The van der Waals surface area contributed by atoms with Gasteiger partial charge < -0.3 is 9.47 Å². The molecule has 0 aliphatic carbocycles. The predicted octanol–water partition coefficient (Wildman–Crippen LogP) is 4.02. The molecule has 114 valence electrons. The van der Waals surface area contributed by atoms with Crippen molar-refractivity contribution in [3.8, 4) is 0 Å². The fraction of sp³-hybridized carbons (Fsp3) is 0.375. The van der Waals surface area contributed by atoms with Crippen LogP contribution < -0.4 is 0 Å². The van der Waals surface area contributed by atoms with Crippen molar-refractivity contribution in [1.29, 1.82) is 0 Å². The molecule has 0 N–H and O–H groups in total. The summed E-state index contributed by atoms with van der Waals surface area (Å²) < 4.78 is 10.6. The molecule has 0 fully saturated rings. The average Bonchev–Trinajstić information content (AvgIpc) is 2.99. The van der Waals surface area contributed by atoms with E-state index in [0.717, 1.165) is 23.7 Å². The fourth-order valence-corrected chi connectivity index (χ4v) is 3.00. The van der Waals surface area contributed by atoms with E-state index >= 15 is 0 Å². The second kappa shape index (κ2) is 8.51. The quantitative estimate of drug-likeness (QED) is 0.684. The van der Waals surface area contributed by atoms with Crippen molar-refractivity contribution in [2.45, 2.75) is 19.4 Å². The average molecular weight is 326 g/mol. The van der Waals surface area contributed by atoms with Gasteiger partial charge in [-0.2, -0.15) is 11.3 Å². The Bertz CT molecular complexity index is 529. The zero-order chi connectivity index (χ0) is 15.1. The molecule has 0 atom stereocenters. The molecule has 0 amide bonds. The second-order valence-electron chi connectivity index (χ2n) is 4.79.